The van der Waals surface area contributed by atoms with Crippen LogP contribution in [0.4, 0.5) is 0 Å². The molecular formula is C15H26IN3O2. The molecule has 21 heavy (non-hydrogen) atoms. The third kappa shape index (κ3) is 9.65. The third-order valence-corrected chi connectivity index (χ3v) is 2.74. The van der Waals surface area contributed by atoms with Gasteiger partial charge in [0, 0.05) is 26.9 Å². The molecule has 1 rings (SSSR count). The number of ether oxygens (including phenoxy) is 2. The van der Waals surface area contributed by atoms with Gasteiger partial charge in [-0.3, -0.25) is 0 Å². The van der Waals surface area contributed by atoms with Gasteiger partial charge in [0.1, 0.15) is 0 Å². The summed E-state index contributed by atoms with van der Waals surface area (Å²) < 4.78 is 10.3. The van der Waals surface area contributed by atoms with Gasteiger partial charge in [0.05, 0.1) is 13.2 Å². The van der Waals surface area contributed by atoms with Crippen molar-refractivity contribution in [1.82, 2.24) is 5.32 Å². The first-order chi connectivity index (χ1) is 9.76. The van der Waals surface area contributed by atoms with Crippen LogP contribution in [0.15, 0.2) is 29.3 Å². The van der Waals surface area contributed by atoms with Crippen molar-refractivity contribution < 1.29 is 9.47 Å². The molecule has 0 spiro atoms. The van der Waals surface area contributed by atoms with E-state index >= 15 is 0 Å². The maximum absolute atomic E-state index is 5.79. The quantitative estimate of drug-likeness (QED) is 0.285. The Labute approximate surface area is 144 Å². The molecule has 0 radical (unpaired) electrons. The van der Waals surface area contributed by atoms with E-state index in [4.69, 9.17) is 15.2 Å². The molecule has 0 amide bonds. The largest absolute Gasteiger partial charge is 0.382 e. The van der Waals surface area contributed by atoms with Crippen molar-refractivity contribution >= 4 is 29.9 Å². The summed E-state index contributed by atoms with van der Waals surface area (Å²) in [6.07, 6.45) is 0.926. The second-order valence-electron chi connectivity index (χ2n) is 4.43. The van der Waals surface area contributed by atoms with Gasteiger partial charge in [-0.15, -0.1) is 24.0 Å². The zero-order chi connectivity index (χ0) is 14.6. The molecule has 0 aliphatic rings. The highest BCUT2D eigenvalue weighted by Crippen LogP contribution is 2.06. The van der Waals surface area contributed by atoms with Crippen molar-refractivity contribution in [2.45, 2.75) is 26.5 Å². The number of methoxy groups -OCH3 is 1. The first-order valence-corrected chi connectivity index (χ1v) is 6.94. The second kappa shape index (κ2) is 12.8. The van der Waals surface area contributed by atoms with Gasteiger partial charge in [0.25, 0.3) is 0 Å². The van der Waals surface area contributed by atoms with Gasteiger partial charge < -0.3 is 20.5 Å². The Kier molecular flexibility index (Phi) is 12.3. The number of guanidine groups is 1. The van der Waals surface area contributed by atoms with Crippen molar-refractivity contribution in [3.63, 3.8) is 0 Å². The molecule has 1 aromatic rings. The van der Waals surface area contributed by atoms with Crippen LogP contribution in [0.25, 0.3) is 0 Å². The minimum atomic E-state index is 0. The van der Waals surface area contributed by atoms with Crippen molar-refractivity contribution in [1.29, 1.82) is 0 Å². The molecule has 3 N–H and O–H groups in total. The third-order valence-electron chi connectivity index (χ3n) is 2.74. The summed E-state index contributed by atoms with van der Waals surface area (Å²) in [5.41, 5.74) is 8.08. The fourth-order valence-electron chi connectivity index (χ4n) is 1.67. The van der Waals surface area contributed by atoms with Gasteiger partial charge in [-0.2, -0.15) is 0 Å². The topological polar surface area (TPSA) is 68.9 Å². The highest BCUT2D eigenvalue weighted by molar-refractivity contribution is 14.0. The number of nitrogens with zero attached hydrogens (tertiary/aromatic N) is 1. The molecule has 0 bridgehead atoms. The van der Waals surface area contributed by atoms with E-state index in [0.717, 1.165) is 37.3 Å². The molecule has 0 saturated carbocycles. The van der Waals surface area contributed by atoms with E-state index < -0.39 is 0 Å². The zero-order valence-electron chi connectivity index (χ0n) is 12.8. The Bertz CT molecular complexity index is 396. The zero-order valence-corrected chi connectivity index (χ0v) is 15.1. The maximum Gasteiger partial charge on any atom is 0.188 e. The van der Waals surface area contributed by atoms with Crippen molar-refractivity contribution in [2.24, 2.45) is 10.7 Å². The molecule has 0 aliphatic heterocycles. The molecule has 0 saturated heterocycles. The number of halogens is 1. The fourth-order valence-corrected chi connectivity index (χ4v) is 1.67. The number of nitrogens with one attached hydrogen (secondary N) is 1. The fraction of sp³-hybridized carbons (Fsp3) is 0.533. The smallest absolute Gasteiger partial charge is 0.188 e. The van der Waals surface area contributed by atoms with Gasteiger partial charge in [-0.25, -0.2) is 4.99 Å². The van der Waals surface area contributed by atoms with Crippen LogP contribution in [-0.2, 0) is 22.6 Å². The lowest BCUT2D eigenvalue weighted by molar-refractivity contribution is 0.145. The average molecular weight is 407 g/mol. The first-order valence-electron chi connectivity index (χ1n) is 6.94. The number of rotatable bonds is 9. The van der Waals surface area contributed by atoms with Gasteiger partial charge in [-0.05, 0) is 24.5 Å². The van der Waals surface area contributed by atoms with Crippen molar-refractivity contribution in [3.05, 3.63) is 35.4 Å². The van der Waals surface area contributed by atoms with E-state index in [1.165, 1.54) is 0 Å². The van der Waals surface area contributed by atoms with Crippen LogP contribution >= 0.6 is 24.0 Å². The number of benzene rings is 1. The molecule has 0 fully saturated rings. The predicted molar refractivity (Wildman–Crippen MR) is 97.0 cm³/mol. The summed E-state index contributed by atoms with van der Waals surface area (Å²) in [6.45, 7) is 5.48. The van der Waals surface area contributed by atoms with Crippen LogP contribution in [0.2, 0.25) is 0 Å². The summed E-state index contributed by atoms with van der Waals surface area (Å²) >= 11 is 0. The van der Waals surface area contributed by atoms with Crippen LogP contribution in [0.5, 0.6) is 0 Å². The highest BCUT2D eigenvalue weighted by Gasteiger charge is 1.95. The number of aliphatic imine (C=N–C) groups is 1. The average Bonchev–Trinajstić information content (AvgIpc) is 2.47. The van der Waals surface area contributed by atoms with E-state index in [2.05, 4.69) is 10.3 Å². The van der Waals surface area contributed by atoms with Gasteiger partial charge in [-0.1, -0.05) is 24.3 Å². The molecule has 0 aliphatic carbocycles. The first kappa shape index (κ1) is 20.1. The van der Waals surface area contributed by atoms with E-state index in [9.17, 15) is 0 Å². The van der Waals surface area contributed by atoms with E-state index in [1.54, 1.807) is 7.11 Å². The van der Waals surface area contributed by atoms with E-state index in [-0.39, 0.29) is 24.0 Å². The molecule has 5 nitrogen and oxygen atoms in total. The molecule has 0 aromatic heterocycles. The lowest BCUT2D eigenvalue weighted by atomic mass is 10.1. The van der Waals surface area contributed by atoms with Crippen LogP contribution in [0.1, 0.15) is 24.5 Å². The van der Waals surface area contributed by atoms with Gasteiger partial charge >= 0.3 is 0 Å². The summed E-state index contributed by atoms with van der Waals surface area (Å²) in [6, 6.07) is 8.17. The minimum absolute atomic E-state index is 0. The molecule has 0 unspecified atom stereocenters. The standard InChI is InChI=1S/C15H25N3O2.HI/c1-3-20-10-4-9-17-15(16)18-11-13-5-7-14(8-6-13)12-19-2;/h5-8H,3-4,9-12H2,1-2H3,(H3,16,17,18);1H. The molecule has 1 aromatic carbocycles. The SMILES string of the molecule is CCOCCCNC(N)=NCc1ccc(COC)cc1.I. The Balaban J connectivity index is 0.00000400. The van der Waals surface area contributed by atoms with Crippen LogP contribution in [-0.4, -0.2) is 32.8 Å². The normalized spacial score (nSPS) is 11.0. The van der Waals surface area contributed by atoms with Crippen LogP contribution < -0.4 is 11.1 Å². The van der Waals surface area contributed by atoms with Crippen molar-refractivity contribution in [3.8, 4) is 0 Å². The number of hydrogen-bond acceptors (Lipinski definition) is 3. The maximum atomic E-state index is 5.79. The molecule has 0 heterocycles. The van der Waals surface area contributed by atoms with Crippen LogP contribution in [0, 0.1) is 0 Å². The Hall–Kier alpha value is -0.860. The lowest BCUT2D eigenvalue weighted by Crippen LogP contribution is -2.32. The summed E-state index contributed by atoms with van der Waals surface area (Å²) in [4.78, 5) is 4.30. The Morgan fingerprint density at radius 1 is 1.24 bits per heavy atom. The molecular weight excluding hydrogens is 381 g/mol. The summed E-state index contributed by atoms with van der Waals surface area (Å²) in [7, 11) is 1.69. The highest BCUT2D eigenvalue weighted by atomic mass is 127. The van der Waals surface area contributed by atoms with E-state index in [1.807, 2.05) is 31.2 Å². The van der Waals surface area contributed by atoms with E-state index in [0.29, 0.717) is 19.1 Å². The monoisotopic (exact) mass is 407 g/mol. The molecule has 120 valence electrons. The Morgan fingerprint density at radius 3 is 2.52 bits per heavy atom. The van der Waals surface area contributed by atoms with Crippen molar-refractivity contribution in [2.75, 3.05) is 26.9 Å². The predicted octanol–water partition coefficient (Wildman–Crippen LogP) is 2.28. The minimum Gasteiger partial charge on any atom is -0.382 e. The molecule has 0 atom stereocenters. The van der Waals surface area contributed by atoms with Gasteiger partial charge in [0.15, 0.2) is 5.96 Å². The summed E-state index contributed by atoms with van der Waals surface area (Å²) in [5.74, 6) is 0.475. The lowest BCUT2D eigenvalue weighted by Gasteiger charge is -2.06. The van der Waals surface area contributed by atoms with Gasteiger partial charge in [0.2, 0.25) is 0 Å². The van der Waals surface area contributed by atoms with Crippen LogP contribution in [0.3, 0.4) is 0 Å². The second-order valence-corrected chi connectivity index (χ2v) is 4.43. The molecule has 6 heteroatoms. The number of nitrogens with two attached hydrogens (primary N) is 1. The Morgan fingerprint density at radius 2 is 1.90 bits per heavy atom. The summed E-state index contributed by atoms with van der Waals surface area (Å²) in [5, 5.41) is 3.07. The number of hydrogen-bond donors (Lipinski definition) is 2.